The summed E-state index contributed by atoms with van der Waals surface area (Å²) in [6.45, 7) is 13.0. The van der Waals surface area contributed by atoms with Gasteiger partial charge in [0.05, 0.1) is 16.9 Å². The normalized spacial score (nSPS) is 12.3. The zero-order valence-electron chi connectivity index (χ0n) is 38.0. The molecule has 0 saturated heterocycles. The molecule has 0 aliphatic rings. The monoisotopic (exact) mass is 1070 g/mol. The van der Waals surface area contributed by atoms with Crippen molar-refractivity contribution in [3.8, 4) is 28.3 Å². The first-order valence-corrected chi connectivity index (χ1v) is 29.6. The van der Waals surface area contributed by atoms with Crippen LogP contribution in [0.5, 0.6) is 0 Å². The molecule has 0 atom stereocenters. The summed E-state index contributed by atoms with van der Waals surface area (Å²) in [6, 6.07) is 54.4. The quantitative estimate of drug-likeness (QED) is 0.0905. The third kappa shape index (κ3) is 8.10. The maximum absolute atomic E-state index is 8.44. The fraction of sp³-hybridized carbons (Fsp3) is 0.214. The van der Waals surface area contributed by atoms with E-state index < -0.39 is 19.2 Å². The van der Waals surface area contributed by atoms with Gasteiger partial charge in [-0.1, -0.05) is 112 Å². The molecule has 0 saturated carbocycles. The minimum Gasteiger partial charge on any atom is 0 e. The molecule has 3 heterocycles. The summed E-state index contributed by atoms with van der Waals surface area (Å²) in [4.78, 5) is 9.87. The molecule has 7 aromatic carbocycles. The van der Waals surface area contributed by atoms with Crippen LogP contribution in [0, 0.1) is 12.1 Å². The predicted octanol–water partition coefficient (Wildman–Crippen LogP) is 15.6. The number of para-hydroxylation sites is 3. The molecule has 0 spiro atoms. The van der Waals surface area contributed by atoms with E-state index in [1.54, 1.807) is 0 Å². The van der Waals surface area contributed by atoms with E-state index in [1.165, 1.54) is 62.9 Å². The number of fused-ring (bicyclic) bond motifs is 8. The van der Waals surface area contributed by atoms with Gasteiger partial charge in [0.1, 0.15) is 0 Å². The summed E-state index contributed by atoms with van der Waals surface area (Å²) in [7, 11) is 0. The molecule has 62 heavy (non-hydrogen) atoms. The molecule has 6 heteroatoms. The zero-order chi connectivity index (χ0) is 43.5. The van der Waals surface area contributed by atoms with E-state index >= 15 is 0 Å². The van der Waals surface area contributed by atoms with Gasteiger partial charge in [0.2, 0.25) is 0 Å². The van der Waals surface area contributed by atoms with E-state index in [9.17, 15) is 0 Å². The Hall–Kier alpha value is -4.91. The van der Waals surface area contributed by atoms with Crippen molar-refractivity contribution in [2.75, 3.05) is 0 Å². The third-order valence-electron chi connectivity index (χ3n) is 11.9. The standard InChI is InChI=1S/C39H31N2S.C17H22GeN.Ir/c1-23(2)27-12-9-13-28(24(3)4)37(27)41-35-15-8-7-14-34(35)40-39(41)26-17-21-36-33(22-26)32-20-19-30-29-11-6-5-10-25(29)16-18-31(30)38(32)42-36;1-13(2)15-11-17(14-9-7-6-8-10-14)19-12-16(15)18(3,4)5;/h5-16,18-24H,1-4H3;6-9,11-13H,1-5H3;/q2*-1;/i;13D;. The molecule has 0 aliphatic heterocycles. The second-order valence-corrected chi connectivity index (χ2v) is 29.7. The van der Waals surface area contributed by atoms with Gasteiger partial charge in [-0.25, -0.2) is 0 Å². The molecule has 10 rings (SSSR count). The van der Waals surface area contributed by atoms with Crippen LogP contribution in [0.15, 0.2) is 140 Å². The van der Waals surface area contributed by atoms with Crippen LogP contribution in [0.3, 0.4) is 0 Å². The molecule has 313 valence electrons. The topological polar surface area (TPSA) is 30.7 Å². The first-order valence-electron chi connectivity index (χ1n) is 22.0. The predicted molar refractivity (Wildman–Crippen MR) is 267 cm³/mol. The average Bonchev–Trinajstić information content (AvgIpc) is 3.84. The molecule has 3 nitrogen and oxygen atoms in total. The number of thiophene rings is 1. The number of benzene rings is 7. The Bertz CT molecular complexity index is 3250. The molecular formula is C56H53GeIrN3S-2. The van der Waals surface area contributed by atoms with Gasteiger partial charge < -0.3 is 4.57 Å². The number of hydrogen-bond donors (Lipinski definition) is 0. The summed E-state index contributed by atoms with van der Waals surface area (Å²) in [5.41, 5.74) is 10.1. The summed E-state index contributed by atoms with van der Waals surface area (Å²) < 4.78 is 14.8. The molecule has 0 amide bonds. The van der Waals surface area contributed by atoms with E-state index in [2.05, 4.69) is 176 Å². The summed E-state index contributed by atoms with van der Waals surface area (Å²) in [6.07, 6.45) is 2.00. The molecule has 0 fully saturated rings. The molecule has 0 bridgehead atoms. The number of imidazole rings is 1. The Balaban J connectivity index is 0.000000219. The van der Waals surface area contributed by atoms with E-state index in [4.69, 9.17) is 6.35 Å². The molecule has 1 radical (unpaired) electrons. The summed E-state index contributed by atoms with van der Waals surface area (Å²) >= 11 is -0.162. The van der Waals surface area contributed by atoms with Crippen molar-refractivity contribution >= 4 is 81.7 Å². The Morgan fingerprint density at radius 2 is 1.32 bits per heavy atom. The number of hydrogen-bond acceptors (Lipinski definition) is 3. The van der Waals surface area contributed by atoms with Crippen LogP contribution in [-0.4, -0.2) is 27.8 Å². The van der Waals surface area contributed by atoms with Crippen LogP contribution in [0.2, 0.25) is 17.3 Å². The van der Waals surface area contributed by atoms with Gasteiger partial charge in [-0.05, 0) is 66.7 Å². The van der Waals surface area contributed by atoms with E-state index in [-0.39, 0.29) is 20.1 Å². The largest absolute Gasteiger partial charge is 0 e. The van der Waals surface area contributed by atoms with Crippen molar-refractivity contribution in [3.05, 3.63) is 168 Å². The molecule has 0 aliphatic carbocycles. The fourth-order valence-corrected chi connectivity index (χ4v) is 13.3. The Labute approximate surface area is 388 Å². The van der Waals surface area contributed by atoms with E-state index in [1.807, 2.05) is 55.6 Å². The van der Waals surface area contributed by atoms with E-state index in [0.29, 0.717) is 11.8 Å². The van der Waals surface area contributed by atoms with Gasteiger partial charge in [-0.2, -0.15) is 11.3 Å². The number of aromatic nitrogens is 3. The minimum atomic E-state index is -2.03. The van der Waals surface area contributed by atoms with Crippen molar-refractivity contribution in [2.45, 2.75) is 76.5 Å². The van der Waals surface area contributed by atoms with Crippen LogP contribution < -0.4 is 4.40 Å². The number of pyridine rings is 1. The minimum absolute atomic E-state index is 0. The van der Waals surface area contributed by atoms with Gasteiger partial charge in [-0.15, -0.1) is 23.8 Å². The van der Waals surface area contributed by atoms with Crippen LogP contribution in [-0.2, 0) is 20.1 Å². The number of rotatable bonds is 7. The van der Waals surface area contributed by atoms with Crippen molar-refractivity contribution in [2.24, 2.45) is 0 Å². The van der Waals surface area contributed by atoms with Crippen molar-refractivity contribution in [1.82, 2.24) is 14.5 Å². The molecule has 0 N–H and O–H groups in total. The summed E-state index contributed by atoms with van der Waals surface area (Å²) in [5, 5.41) is 7.76. The van der Waals surface area contributed by atoms with Crippen molar-refractivity contribution < 1.29 is 21.5 Å². The van der Waals surface area contributed by atoms with Crippen LogP contribution >= 0.6 is 11.3 Å². The second-order valence-electron chi connectivity index (χ2n) is 18.0. The summed E-state index contributed by atoms with van der Waals surface area (Å²) in [5.74, 6) is 8.15. The molecular weight excluding hydrogens is 1010 g/mol. The van der Waals surface area contributed by atoms with Crippen LogP contribution in [0.25, 0.3) is 81.1 Å². The zero-order valence-corrected chi connectivity index (χ0v) is 42.3. The molecule has 10 aromatic rings. The van der Waals surface area contributed by atoms with Crippen LogP contribution in [0.4, 0.5) is 0 Å². The van der Waals surface area contributed by atoms with Gasteiger partial charge in [0.15, 0.2) is 0 Å². The van der Waals surface area contributed by atoms with Crippen molar-refractivity contribution in [1.29, 1.82) is 0 Å². The fourth-order valence-electron chi connectivity index (χ4n) is 8.76. The van der Waals surface area contributed by atoms with Gasteiger partial charge in [0.25, 0.3) is 0 Å². The average molecular weight is 1070 g/mol. The maximum Gasteiger partial charge on any atom is 0 e. The van der Waals surface area contributed by atoms with E-state index in [0.717, 1.165) is 39.2 Å². The second kappa shape index (κ2) is 17.7. The smallest absolute Gasteiger partial charge is 0 e. The molecule has 3 aromatic heterocycles. The van der Waals surface area contributed by atoms with Crippen LogP contribution in [0.1, 0.15) is 77.3 Å². The first kappa shape index (κ1) is 42.4. The van der Waals surface area contributed by atoms with Gasteiger partial charge in [0, 0.05) is 30.5 Å². The Morgan fingerprint density at radius 1 is 0.645 bits per heavy atom. The Morgan fingerprint density at radius 3 is 2.03 bits per heavy atom. The first-order chi connectivity index (χ1) is 29.7. The van der Waals surface area contributed by atoms with Gasteiger partial charge in [-0.3, -0.25) is 4.98 Å². The SMILES string of the molecule is CC(C)c1cccc(C(C)C)c1-n1c(-c2[c-]cc3sc4c(ccc5c6ccccc6ccc54)c3c2)nc2ccccc21.[2H]C(C)(C)c1cc(-c2[c-]cccc2)nc[c]1[Ge]([CH3])([CH3])[CH3].[Ir]. The molecule has 0 unspecified atom stereocenters. The third-order valence-corrected chi connectivity index (χ3v) is 17.3. The maximum atomic E-state index is 8.44. The van der Waals surface area contributed by atoms with Gasteiger partial charge >= 0.3 is 120 Å². The Kier molecular flexibility index (Phi) is 12.1. The van der Waals surface area contributed by atoms with Crippen molar-refractivity contribution in [3.63, 3.8) is 0 Å². The number of nitrogens with zero attached hydrogens (tertiary/aromatic N) is 3.